The molecule has 2 aromatic rings. The number of carboxylic acid groups (broad SMARTS) is 1. The zero-order valence-electron chi connectivity index (χ0n) is 15.1. The standard InChI is InChI=1S/C20H19N3O3S2/c24-17-16(12-13-6-8-14(9-7-13)18(25)26)28-20(22-19-21-10-11-27-19)23(17)15-4-2-1-3-5-15/h6-12,15H,1-5H2,(H,25,26)/b16-12-,22-20+. The first kappa shape index (κ1) is 18.9. The number of thiazole rings is 1. The lowest BCUT2D eigenvalue weighted by atomic mass is 9.94. The molecule has 4 rings (SSSR count). The van der Waals surface area contributed by atoms with Crippen LogP contribution in [0.4, 0.5) is 5.13 Å². The van der Waals surface area contributed by atoms with Crippen LogP contribution in [-0.2, 0) is 4.79 Å². The minimum Gasteiger partial charge on any atom is -0.478 e. The third kappa shape index (κ3) is 4.02. The number of carbonyl (C=O) groups is 2. The molecule has 0 unspecified atom stereocenters. The summed E-state index contributed by atoms with van der Waals surface area (Å²) in [5.74, 6) is -0.999. The van der Waals surface area contributed by atoms with Crippen molar-refractivity contribution in [2.24, 2.45) is 4.99 Å². The van der Waals surface area contributed by atoms with Crippen molar-refractivity contribution in [3.63, 3.8) is 0 Å². The number of rotatable bonds is 4. The molecule has 2 heterocycles. The fourth-order valence-corrected chi connectivity index (χ4v) is 5.05. The van der Waals surface area contributed by atoms with Crippen molar-refractivity contribution in [2.45, 2.75) is 38.1 Å². The number of aliphatic imine (C=N–C) groups is 1. The van der Waals surface area contributed by atoms with E-state index in [0.717, 1.165) is 31.2 Å². The van der Waals surface area contributed by atoms with Crippen molar-refractivity contribution in [3.8, 4) is 0 Å². The van der Waals surface area contributed by atoms with E-state index in [1.807, 2.05) is 10.3 Å². The third-order valence-corrected chi connectivity index (χ3v) is 6.49. The first-order chi connectivity index (χ1) is 13.6. The van der Waals surface area contributed by atoms with Gasteiger partial charge in [0.1, 0.15) is 0 Å². The number of benzene rings is 1. The predicted molar refractivity (Wildman–Crippen MR) is 112 cm³/mol. The van der Waals surface area contributed by atoms with Crippen LogP contribution in [0.3, 0.4) is 0 Å². The number of amides is 1. The van der Waals surface area contributed by atoms with E-state index < -0.39 is 5.97 Å². The molecule has 28 heavy (non-hydrogen) atoms. The number of aromatic nitrogens is 1. The maximum absolute atomic E-state index is 13.2. The number of nitrogens with zero attached hydrogens (tertiary/aromatic N) is 3. The summed E-state index contributed by atoms with van der Waals surface area (Å²) in [6.45, 7) is 0. The second kappa shape index (κ2) is 8.28. The van der Waals surface area contributed by atoms with Crippen molar-refractivity contribution in [2.75, 3.05) is 0 Å². The van der Waals surface area contributed by atoms with Crippen molar-refractivity contribution in [3.05, 3.63) is 51.9 Å². The highest BCUT2D eigenvalue weighted by atomic mass is 32.2. The van der Waals surface area contributed by atoms with Crippen molar-refractivity contribution in [1.82, 2.24) is 9.88 Å². The SMILES string of the molecule is O=C(O)c1ccc(/C=C2\S/C(=N/c3nccs3)N(C3CCCCC3)C2=O)cc1. The lowest BCUT2D eigenvalue weighted by molar-refractivity contribution is -0.124. The summed E-state index contributed by atoms with van der Waals surface area (Å²) < 4.78 is 0. The average Bonchev–Trinajstić information content (AvgIpc) is 3.31. The molecular formula is C20H19N3O3S2. The maximum Gasteiger partial charge on any atom is 0.335 e. The third-order valence-electron chi connectivity index (χ3n) is 4.84. The minimum atomic E-state index is -0.966. The zero-order chi connectivity index (χ0) is 19.5. The number of amidine groups is 1. The van der Waals surface area contributed by atoms with E-state index in [-0.39, 0.29) is 17.5 Å². The Bertz CT molecular complexity index is 930. The molecule has 1 aliphatic carbocycles. The summed E-state index contributed by atoms with van der Waals surface area (Å²) >= 11 is 2.81. The van der Waals surface area contributed by atoms with Gasteiger partial charge in [0.05, 0.1) is 10.5 Å². The van der Waals surface area contributed by atoms with Gasteiger partial charge in [-0.2, -0.15) is 4.99 Å². The Morgan fingerprint density at radius 1 is 1.21 bits per heavy atom. The van der Waals surface area contributed by atoms with Gasteiger partial charge >= 0.3 is 5.97 Å². The van der Waals surface area contributed by atoms with E-state index in [4.69, 9.17) is 5.11 Å². The number of hydrogen-bond donors (Lipinski definition) is 1. The first-order valence-corrected chi connectivity index (χ1v) is 10.9. The summed E-state index contributed by atoms with van der Waals surface area (Å²) in [7, 11) is 0. The molecule has 0 atom stereocenters. The number of carboxylic acids is 1. The summed E-state index contributed by atoms with van der Waals surface area (Å²) in [5.41, 5.74) is 1.02. The van der Waals surface area contributed by atoms with Gasteiger partial charge in [0.15, 0.2) is 5.17 Å². The van der Waals surface area contributed by atoms with Crippen LogP contribution < -0.4 is 0 Å². The van der Waals surface area contributed by atoms with Gasteiger partial charge in [-0.1, -0.05) is 31.4 Å². The highest BCUT2D eigenvalue weighted by Gasteiger charge is 2.38. The van der Waals surface area contributed by atoms with Crippen LogP contribution in [-0.4, -0.2) is 38.1 Å². The second-order valence-corrected chi connectivity index (χ2v) is 8.60. The van der Waals surface area contributed by atoms with E-state index >= 15 is 0 Å². The van der Waals surface area contributed by atoms with Gasteiger partial charge in [-0.15, -0.1) is 11.3 Å². The number of thioether (sulfide) groups is 1. The van der Waals surface area contributed by atoms with Gasteiger partial charge < -0.3 is 5.11 Å². The molecule has 2 aliphatic rings. The molecule has 1 N–H and O–H groups in total. The van der Waals surface area contributed by atoms with Crippen molar-refractivity contribution >= 4 is 51.4 Å². The molecule has 6 nitrogen and oxygen atoms in total. The zero-order valence-corrected chi connectivity index (χ0v) is 16.7. The average molecular weight is 414 g/mol. The van der Waals surface area contributed by atoms with Crippen LogP contribution >= 0.6 is 23.1 Å². The lowest BCUT2D eigenvalue weighted by Gasteiger charge is -2.30. The molecule has 1 aliphatic heterocycles. The molecule has 1 aromatic heterocycles. The summed E-state index contributed by atoms with van der Waals surface area (Å²) in [5, 5.41) is 12.2. The predicted octanol–water partition coefficient (Wildman–Crippen LogP) is 4.78. The van der Waals surface area contributed by atoms with E-state index in [1.54, 1.807) is 36.5 Å². The van der Waals surface area contributed by atoms with E-state index in [0.29, 0.717) is 15.2 Å². The smallest absolute Gasteiger partial charge is 0.335 e. The molecule has 1 aromatic carbocycles. The van der Waals surface area contributed by atoms with Crippen LogP contribution in [0, 0.1) is 0 Å². The molecule has 144 valence electrons. The quantitative estimate of drug-likeness (QED) is 0.730. The van der Waals surface area contributed by atoms with Gasteiger partial charge in [-0.3, -0.25) is 9.69 Å². The Kier molecular flexibility index (Phi) is 5.59. The van der Waals surface area contributed by atoms with Crippen LogP contribution in [0.15, 0.2) is 45.7 Å². The van der Waals surface area contributed by atoms with Gasteiger partial charge in [-0.05, 0) is 48.4 Å². The molecule has 2 fully saturated rings. The number of hydrogen-bond acceptors (Lipinski definition) is 6. The molecule has 1 amide bonds. The van der Waals surface area contributed by atoms with Crippen LogP contribution in [0.1, 0.15) is 48.0 Å². The number of carbonyl (C=O) groups excluding carboxylic acids is 1. The number of aromatic carboxylic acids is 1. The Morgan fingerprint density at radius 2 is 1.96 bits per heavy atom. The summed E-state index contributed by atoms with van der Waals surface area (Å²) in [4.78, 5) is 35.5. The normalized spacial score (nSPS) is 21.0. The Morgan fingerprint density at radius 3 is 2.61 bits per heavy atom. The van der Waals surface area contributed by atoms with Crippen LogP contribution in [0.5, 0.6) is 0 Å². The van der Waals surface area contributed by atoms with Gasteiger partial charge in [0.2, 0.25) is 5.13 Å². The summed E-state index contributed by atoms with van der Waals surface area (Å²) in [6, 6.07) is 6.69. The molecule has 0 spiro atoms. The van der Waals surface area contributed by atoms with Gasteiger partial charge in [0.25, 0.3) is 5.91 Å². The second-order valence-electron chi connectivity index (χ2n) is 6.71. The fraction of sp³-hybridized carbons (Fsp3) is 0.300. The fourth-order valence-electron chi connectivity index (χ4n) is 3.45. The van der Waals surface area contributed by atoms with Crippen molar-refractivity contribution < 1.29 is 14.7 Å². The van der Waals surface area contributed by atoms with Gasteiger partial charge in [-0.25, -0.2) is 9.78 Å². The monoisotopic (exact) mass is 413 g/mol. The Hall–Kier alpha value is -2.45. The molecule has 0 bridgehead atoms. The highest BCUT2D eigenvalue weighted by molar-refractivity contribution is 8.18. The maximum atomic E-state index is 13.2. The van der Waals surface area contributed by atoms with E-state index in [2.05, 4.69) is 9.98 Å². The van der Waals surface area contributed by atoms with Crippen molar-refractivity contribution in [1.29, 1.82) is 0 Å². The minimum absolute atomic E-state index is 0.0329. The van der Waals surface area contributed by atoms with Gasteiger partial charge in [0, 0.05) is 17.6 Å². The largest absolute Gasteiger partial charge is 0.478 e. The molecule has 8 heteroatoms. The Labute approximate surface area is 171 Å². The molecule has 1 saturated heterocycles. The Balaban J connectivity index is 1.65. The molecule has 1 saturated carbocycles. The highest BCUT2D eigenvalue weighted by Crippen LogP contribution is 2.38. The van der Waals surface area contributed by atoms with Crippen LogP contribution in [0.2, 0.25) is 0 Å². The molecular weight excluding hydrogens is 394 g/mol. The summed E-state index contributed by atoms with van der Waals surface area (Å²) in [6.07, 6.45) is 8.95. The van der Waals surface area contributed by atoms with E-state index in [9.17, 15) is 9.59 Å². The lowest BCUT2D eigenvalue weighted by Crippen LogP contribution is -2.40. The topological polar surface area (TPSA) is 82.9 Å². The molecule has 0 radical (unpaired) electrons. The first-order valence-electron chi connectivity index (χ1n) is 9.16. The van der Waals surface area contributed by atoms with E-state index in [1.165, 1.54) is 29.5 Å². The van der Waals surface area contributed by atoms with Crippen LogP contribution in [0.25, 0.3) is 6.08 Å².